The molecule has 36 heteroatoms. The molecule has 36 nitrogen and oxygen atoms in total. The van der Waals surface area contributed by atoms with Gasteiger partial charge in [-0.05, 0) is 82.9 Å². The van der Waals surface area contributed by atoms with E-state index in [0.29, 0.717) is 52.9 Å². The van der Waals surface area contributed by atoms with Crippen molar-refractivity contribution in [2.45, 2.75) is 198 Å². The number of para-hydroxylation sites is 1. The quantitative estimate of drug-likeness (QED) is 0.0165. The van der Waals surface area contributed by atoms with Crippen LogP contribution in [0.5, 0.6) is 0 Å². The lowest BCUT2D eigenvalue weighted by atomic mass is 10.00. The Bertz CT molecular complexity index is 3560. The van der Waals surface area contributed by atoms with Crippen LogP contribution in [0.2, 0.25) is 0 Å². The van der Waals surface area contributed by atoms with Gasteiger partial charge in [0.15, 0.2) is 0 Å². The molecule has 546 valence electrons. The molecule has 0 saturated heterocycles. The second-order valence-electron chi connectivity index (χ2n) is 25.2. The second kappa shape index (κ2) is 39.1. The zero-order valence-electron chi connectivity index (χ0n) is 56.9. The number of carbonyl (C=O) groups is 13. The number of unbranched alkanes of at least 4 members (excludes halogenated alkanes) is 1. The van der Waals surface area contributed by atoms with Gasteiger partial charge in [0.2, 0.25) is 70.9 Å². The summed E-state index contributed by atoms with van der Waals surface area (Å²) in [4.78, 5) is 202. The van der Waals surface area contributed by atoms with Gasteiger partial charge in [0.05, 0.1) is 31.2 Å². The SMILES string of the molecule is CC(=O)N[C@@H](CCC(=O)O)C(=O)N[C@H](C(=O)N[C@@H](Cc1cnc[nH]1)C(=O)N[C@@H](CC(C)C)C(=O)N[C@@H](Cc1cnc[nH]1)C(=O)N[C@@H](Cc1c[nH]c2ccccc12)C(=O)N[C@@H](Cc1cnc[nH]1)C(=O)N[C@H](C(=O)N[C@H](C(=O)N[C@@H](C)C(=O)N[C@@H](CCCCN)C(N)=O)C(C)C)[C@@H](C)O)[C@@H](C)O. The molecule has 100 heavy (non-hydrogen) atoms. The first-order valence-electron chi connectivity index (χ1n) is 32.7. The van der Waals surface area contributed by atoms with Crippen LogP contribution < -0.4 is 70.0 Å². The molecule has 0 aliphatic carbocycles. The van der Waals surface area contributed by atoms with E-state index >= 15 is 9.59 Å². The Morgan fingerprint density at radius 2 is 0.890 bits per heavy atom. The monoisotopic (exact) mass is 1400 g/mol. The lowest BCUT2D eigenvalue weighted by Crippen LogP contribution is -2.63. The number of rotatable bonds is 42. The molecule has 5 aromatic rings. The second-order valence-corrected chi connectivity index (χ2v) is 25.2. The van der Waals surface area contributed by atoms with Crippen molar-refractivity contribution in [2.75, 3.05) is 6.54 Å². The molecule has 0 radical (unpaired) electrons. The van der Waals surface area contributed by atoms with E-state index in [9.17, 15) is 68.1 Å². The Labute approximate surface area is 575 Å². The van der Waals surface area contributed by atoms with Gasteiger partial charge in [-0.15, -0.1) is 0 Å². The number of hydrogen-bond donors (Lipinski definition) is 20. The number of nitrogens with zero attached hydrogens (tertiary/aromatic N) is 3. The zero-order valence-corrected chi connectivity index (χ0v) is 56.9. The molecule has 0 bridgehead atoms. The molecule has 4 aromatic heterocycles. The molecule has 4 heterocycles. The van der Waals surface area contributed by atoms with E-state index in [1.807, 2.05) is 0 Å². The number of aromatic nitrogens is 7. The number of hydrogen-bond acceptors (Lipinski definition) is 19. The number of benzene rings is 1. The third-order valence-electron chi connectivity index (χ3n) is 16.0. The first-order valence-corrected chi connectivity index (χ1v) is 32.7. The number of carbonyl (C=O) groups excluding carboxylic acids is 12. The van der Waals surface area contributed by atoms with Crippen LogP contribution in [0, 0.1) is 11.8 Å². The number of aliphatic carboxylic acids is 1. The number of carboxylic acid groups (broad SMARTS) is 1. The minimum absolute atomic E-state index is 0.0677. The lowest BCUT2D eigenvalue weighted by molar-refractivity contribution is -0.139. The maximum Gasteiger partial charge on any atom is 0.303 e. The summed E-state index contributed by atoms with van der Waals surface area (Å²) in [6.07, 6.45) is 5.49. The number of aliphatic hydroxyl groups excluding tert-OH is 2. The number of H-pyrrole nitrogens is 4. The van der Waals surface area contributed by atoms with Gasteiger partial charge in [-0.25, -0.2) is 15.0 Å². The molecule has 12 amide bonds. The summed E-state index contributed by atoms with van der Waals surface area (Å²) in [6, 6.07) is -9.36. The van der Waals surface area contributed by atoms with E-state index in [4.69, 9.17) is 11.5 Å². The minimum atomic E-state index is -1.79. The minimum Gasteiger partial charge on any atom is -0.481 e. The fourth-order valence-electron chi connectivity index (χ4n) is 10.6. The average Bonchev–Trinajstić information content (AvgIpc) is 1.61. The Morgan fingerprint density at radius 1 is 0.470 bits per heavy atom. The van der Waals surface area contributed by atoms with Gasteiger partial charge in [-0.3, -0.25) is 62.3 Å². The highest BCUT2D eigenvalue weighted by Crippen LogP contribution is 2.20. The van der Waals surface area contributed by atoms with Crippen molar-refractivity contribution in [2.24, 2.45) is 23.3 Å². The zero-order chi connectivity index (χ0) is 73.9. The molecule has 0 aliphatic heterocycles. The maximum absolute atomic E-state index is 15.1. The molecular weight excluding hydrogens is 1300 g/mol. The fourth-order valence-corrected chi connectivity index (χ4v) is 10.6. The Morgan fingerprint density at radius 3 is 1.33 bits per heavy atom. The van der Waals surface area contributed by atoms with Crippen LogP contribution in [-0.2, 0) is 88.0 Å². The van der Waals surface area contributed by atoms with Crippen LogP contribution in [0.15, 0.2) is 68.0 Å². The highest BCUT2D eigenvalue weighted by atomic mass is 16.4. The number of nitrogens with two attached hydrogens (primary N) is 2. The van der Waals surface area contributed by atoms with Gasteiger partial charge in [-0.2, -0.15) is 0 Å². The van der Waals surface area contributed by atoms with Gasteiger partial charge >= 0.3 is 5.97 Å². The number of aliphatic hydroxyl groups is 2. The van der Waals surface area contributed by atoms with Crippen molar-refractivity contribution in [3.8, 4) is 0 Å². The number of imidazole rings is 3. The van der Waals surface area contributed by atoms with Crippen LogP contribution >= 0.6 is 0 Å². The van der Waals surface area contributed by atoms with Gasteiger partial charge < -0.3 is 105 Å². The van der Waals surface area contributed by atoms with Crippen LogP contribution in [-0.4, -0.2) is 212 Å². The summed E-state index contributed by atoms with van der Waals surface area (Å²) in [5, 5.41) is 59.8. The third-order valence-corrected chi connectivity index (χ3v) is 16.0. The molecule has 1 aromatic carbocycles. The Kier molecular flexibility index (Phi) is 31.3. The van der Waals surface area contributed by atoms with Crippen molar-refractivity contribution in [1.82, 2.24) is 93.4 Å². The summed E-state index contributed by atoms with van der Waals surface area (Å²) in [5.74, 6) is -13.3. The van der Waals surface area contributed by atoms with Gasteiger partial charge in [0.25, 0.3) is 0 Å². The molecule has 13 atom stereocenters. The number of fused-ring (bicyclic) bond motifs is 1. The summed E-state index contributed by atoms with van der Waals surface area (Å²) in [7, 11) is 0. The number of amides is 12. The van der Waals surface area contributed by atoms with Crippen LogP contribution in [0.1, 0.15) is 117 Å². The Balaban J connectivity index is 1.43. The van der Waals surface area contributed by atoms with E-state index in [1.165, 1.54) is 51.4 Å². The molecule has 0 saturated carbocycles. The van der Waals surface area contributed by atoms with Gasteiger partial charge in [0.1, 0.15) is 66.5 Å². The molecule has 22 N–H and O–H groups in total. The van der Waals surface area contributed by atoms with Crippen molar-refractivity contribution in [3.05, 3.63) is 90.7 Å². The first kappa shape index (κ1) is 80.1. The predicted molar refractivity (Wildman–Crippen MR) is 358 cm³/mol. The predicted octanol–water partition coefficient (Wildman–Crippen LogP) is -4.08. The summed E-state index contributed by atoms with van der Waals surface area (Å²) in [5.41, 5.74) is 13.2. The van der Waals surface area contributed by atoms with Gasteiger partial charge in [-0.1, -0.05) is 45.9 Å². The van der Waals surface area contributed by atoms with Crippen LogP contribution in [0.3, 0.4) is 0 Å². The number of nitrogens with one attached hydrogen (secondary N) is 15. The topological polar surface area (TPSA) is 569 Å². The van der Waals surface area contributed by atoms with E-state index in [-0.39, 0.29) is 50.9 Å². The molecule has 0 spiro atoms. The van der Waals surface area contributed by atoms with Crippen molar-refractivity contribution < 1.29 is 77.6 Å². The molecule has 0 aliphatic rings. The van der Waals surface area contributed by atoms with Crippen molar-refractivity contribution >= 4 is 87.8 Å². The molecular formula is C64H94N20O16. The van der Waals surface area contributed by atoms with E-state index in [2.05, 4.69) is 93.4 Å². The van der Waals surface area contributed by atoms with Crippen molar-refractivity contribution in [1.29, 1.82) is 0 Å². The lowest BCUT2D eigenvalue weighted by Gasteiger charge is -2.29. The van der Waals surface area contributed by atoms with E-state index in [0.717, 1.165) is 13.8 Å². The van der Waals surface area contributed by atoms with Crippen LogP contribution in [0.25, 0.3) is 10.9 Å². The van der Waals surface area contributed by atoms with Gasteiger partial charge in [0, 0.05) is 91.8 Å². The summed E-state index contributed by atoms with van der Waals surface area (Å²) < 4.78 is 0. The summed E-state index contributed by atoms with van der Waals surface area (Å²) in [6.45, 7) is 11.8. The molecule has 0 unspecified atom stereocenters. The largest absolute Gasteiger partial charge is 0.481 e. The van der Waals surface area contributed by atoms with Crippen LogP contribution in [0.4, 0.5) is 0 Å². The summed E-state index contributed by atoms with van der Waals surface area (Å²) >= 11 is 0. The van der Waals surface area contributed by atoms with Crippen molar-refractivity contribution in [3.63, 3.8) is 0 Å². The Hall–Kier alpha value is -10.6. The van der Waals surface area contributed by atoms with E-state index in [1.54, 1.807) is 58.2 Å². The standard InChI is InChI=1S/C64H94N20O16/c1-31(2)19-45(77-60(96)48(22-39-26-68-29-72-39)81-63(99)52(34(6)85)83-56(92)44(75-36(8)87)16-17-50(88)89)57(93)79-47(21-38-25-67-28-71-38)59(95)78-46(20-37-24-70-42-14-10-9-13-41(37)42)58(94)80-49(23-40-27-69-30-73-40)61(97)84-53(35(7)86)64(100)82-51(32(3)4)62(98)74-33(5)55(91)76-43(54(66)90)15-11-12-18-65/h9-10,13-14,24-35,43-49,51-53,70,85-86H,11-12,15-23,65H2,1-8H3,(H2,66,90)(H,67,71)(H,68,72)(H,69,73)(H,74,98)(H,75,87)(H,76,91)(H,77,96)(H,78,95)(H,79,93)(H,80,94)(H,81,99)(H,82,100)(H,83,92)(H,84,97)(H,88,89)/t33-,34+,35+,43-,44-,45-,46-,47-,48-,49-,51-,52-,53-/m0/s1. The fraction of sp³-hybridized carbons (Fsp3) is 0.531. The normalized spacial score (nSPS) is 15.2. The first-order chi connectivity index (χ1) is 47.3. The maximum atomic E-state index is 15.1. The third kappa shape index (κ3) is 25.3. The smallest absolute Gasteiger partial charge is 0.303 e. The molecule has 0 fully saturated rings. The highest BCUT2D eigenvalue weighted by molar-refractivity contribution is 6.00. The number of aromatic amines is 4. The highest BCUT2D eigenvalue weighted by Gasteiger charge is 2.39. The van der Waals surface area contributed by atoms with E-state index < -0.39 is 168 Å². The average molecular weight is 1400 g/mol. The number of carboxylic acids is 1. The number of primary amides is 1. The molecule has 5 rings (SSSR count).